The summed E-state index contributed by atoms with van der Waals surface area (Å²) in [5.74, 6) is 1.03. The Morgan fingerprint density at radius 1 is 1.38 bits per heavy atom. The molecule has 0 heterocycles. The highest BCUT2D eigenvalue weighted by molar-refractivity contribution is 8.13. The Kier molecular flexibility index (Phi) is 4.40. The van der Waals surface area contributed by atoms with Crippen molar-refractivity contribution in [2.75, 3.05) is 5.75 Å². The molecule has 1 rings (SSSR count). The first-order valence-electron chi connectivity index (χ1n) is 4.35. The van der Waals surface area contributed by atoms with Crippen LogP contribution in [0.5, 0.6) is 0 Å². The average molecular weight is 194 g/mol. The van der Waals surface area contributed by atoms with Crippen LogP contribution in [0.15, 0.2) is 35.3 Å². The van der Waals surface area contributed by atoms with Crippen LogP contribution in [0.4, 0.5) is 5.69 Å². The van der Waals surface area contributed by atoms with E-state index in [0.29, 0.717) is 5.17 Å². The number of amidine groups is 1. The number of hydrogen-bond donors (Lipinski definition) is 1. The van der Waals surface area contributed by atoms with Crippen molar-refractivity contribution < 1.29 is 0 Å². The zero-order chi connectivity index (χ0) is 9.52. The third-order valence-electron chi connectivity index (χ3n) is 1.45. The Hall–Kier alpha value is -0.960. The van der Waals surface area contributed by atoms with Gasteiger partial charge in [-0.05, 0) is 18.6 Å². The van der Waals surface area contributed by atoms with Crippen molar-refractivity contribution in [3.05, 3.63) is 30.3 Å². The topological polar surface area (TPSA) is 38.4 Å². The standard InChI is InChI=1S/C10H14N2S/c1-2-8-13-10(11)12-9-6-4-3-5-7-9/h3-7H,2,8H2,1H3,(H2,11,12). The summed E-state index contributed by atoms with van der Waals surface area (Å²) >= 11 is 1.60. The second-order valence-electron chi connectivity index (χ2n) is 2.63. The fraction of sp³-hybridized carbons (Fsp3) is 0.300. The van der Waals surface area contributed by atoms with Crippen molar-refractivity contribution in [2.45, 2.75) is 13.3 Å². The van der Waals surface area contributed by atoms with Crippen LogP contribution in [0.1, 0.15) is 13.3 Å². The van der Waals surface area contributed by atoms with Gasteiger partial charge in [0.15, 0.2) is 5.17 Å². The van der Waals surface area contributed by atoms with Gasteiger partial charge in [-0.3, -0.25) is 0 Å². The average Bonchev–Trinajstić information content (AvgIpc) is 2.16. The van der Waals surface area contributed by atoms with Gasteiger partial charge in [-0.25, -0.2) is 4.99 Å². The lowest BCUT2D eigenvalue weighted by Crippen LogP contribution is -2.06. The Bertz CT molecular complexity index is 270. The predicted molar refractivity (Wildman–Crippen MR) is 60.5 cm³/mol. The lowest BCUT2D eigenvalue weighted by atomic mass is 10.3. The van der Waals surface area contributed by atoms with Crippen LogP contribution in [0.3, 0.4) is 0 Å². The van der Waals surface area contributed by atoms with E-state index in [1.165, 1.54) is 0 Å². The van der Waals surface area contributed by atoms with E-state index in [-0.39, 0.29) is 0 Å². The van der Waals surface area contributed by atoms with Crippen molar-refractivity contribution in [1.82, 2.24) is 0 Å². The van der Waals surface area contributed by atoms with Gasteiger partial charge >= 0.3 is 0 Å². The van der Waals surface area contributed by atoms with E-state index in [1.54, 1.807) is 11.8 Å². The molecule has 0 atom stereocenters. The van der Waals surface area contributed by atoms with E-state index < -0.39 is 0 Å². The highest BCUT2D eigenvalue weighted by Crippen LogP contribution is 2.12. The molecule has 70 valence electrons. The predicted octanol–water partition coefficient (Wildman–Crippen LogP) is 2.78. The van der Waals surface area contributed by atoms with Gasteiger partial charge in [-0.1, -0.05) is 36.9 Å². The Labute approximate surface area is 83.2 Å². The minimum absolute atomic E-state index is 0.646. The largest absolute Gasteiger partial charge is 0.378 e. The van der Waals surface area contributed by atoms with E-state index in [0.717, 1.165) is 17.9 Å². The molecule has 0 aliphatic rings. The van der Waals surface area contributed by atoms with Crippen molar-refractivity contribution in [3.8, 4) is 0 Å². The molecule has 0 saturated carbocycles. The summed E-state index contributed by atoms with van der Waals surface area (Å²) in [6.07, 6.45) is 1.12. The van der Waals surface area contributed by atoms with E-state index >= 15 is 0 Å². The first kappa shape index (κ1) is 10.1. The third-order valence-corrected chi connectivity index (χ3v) is 2.45. The molecule has 0 radical (unpaired) electrons. The summed E-state index contributed by atoms with van der Waals surface area (Å²) in [6, 6.07) is 9.76. The van der Waals surface area contributed by atoms with Crippen LogP contribution in [0.2, 0.25) is 0 Å². The van der Waals surface area contributed by atoms with E-state index in [2.05, 4.69) is 11.9 Å². The van der Waals surface area contributed by atoms with Crippen LogP contribution in [-0.4, -0.2) is 10.9 Å². The molecule has 3 heteroatoms. The molecule has 0 aliphatic carbocycles. The smallest absolute Gasteiger partial charge is 0.159 e. The third kappa shape index (κ3) is 3.99. The number of benzene rings is 1. The second-order valence-corrected chi connectivity index (χ2v) is 3.75. The number of aliphatic imine (C=N–C) groups is 1. The van der Waals surface area contributed by atoms with Crippen LogP contribution >= 0.6 is 11.8 Å². The fourth-order valence-electron chi connectivity index (χ4n) is 0.869. The maximum absolute atomic E-state index is 5.70. The molecule has 0 aliphatic heterocycles. The number of rotatable bonds is 3. The number of nitrogens with zero attached hydrogens (tertiary/aromatic N) is 1. The highest BCUT2D eigenvalue weighted by atomic mass is 32.2. The van der Waals surface area contributed by atoms with E-state index in [4.69, 9.17) is 5.73 Å². The number of thioether (sulfide) groups is 1. The molecule has 2 N–H and O–H groups in total. The zero-order valence-electron chi connectivity index (χ0n) is 7.73. The quantitative estimate of drug-likeness (QED) is 0.593. The SMILES string of the molecule is CCCSC(N)=Nc1ccccc1. The van der Waals surface area contributed by atoms with Gasteiger partial charge in [0.05, 0.1) is 5.69 Å². The molecule has 0 bridgehead atoms. The number of nitrogens with two attached hydrogens (primary N) is 1. The van der Waals surface area contributed by atoms with E-state index in [1.807, 2.05) is 30.3 Å². The number of para-hydroxylation sites is 1. The van der Waals surface area contributed by atoms with E-state index in [9.17, 15) is 0 Å². The van der Waals surface area contributed by atoms with Gasteiger partial charge in [0.1, 0.15) is 0 Å². The van der Waals surface area contributed by atoms with Crippen LogP contribution in [0.25, 0.3) is 0 Å². The highest BCUT2D eigenvalue weighted by Gasteiger charge is 1.92. The van der Waals surface area contributed by atoms with Crippen molar-refractivity contribution >= 4 is 22.6 Å². The van der Waals surface area contributed by atoms with Gasteiger partial charge in [-0.15, -0.1) is 0 Å². The molecule has 1 aromatic rings. The molecule has 0 spiro atoms. The first-order valence-corrected chi connectivity index (χ1v) is 5.33. The Balaban J connectivity index is 2.55. The summed E-state index contributed by atoms with van der Waals surface area (Å²) in [5, 5.41) is 0.646. The van der Waals surface area contributed by atoms with Crippen molar-refractivity contribution in [1.29, 1.82) is 0 Å². The normalized spacial score (nSPS) is 11.6. The maximum Gasteiger partial charge on any atom is 0.159 e. The zero-order valence-corrected chi connectivity index (χ0v) is 8.55. The Morgan fingerprint density at radius 3 is 2.69 bits per heavy atom. The molecule has 0 amide bonds. The van der Waals surface area contributed by atoms with Gasteiger partial charge < -0.3 is 5.73 Å². The van der Waals surface area contributed by atoms with Gasteiger partial charge in [-0.2, -0.15) is 0 Å². The van der Waals surface area contributed by atoms with Gasteiger partial charge in [0, 0.05) is 5.75 Å². The molecule has 13 heavy (non-hydrogen) atoms. The minimum Gasteiger partial charge on any atom is -0.378 e. The van der Waals surface area contributed by atoms with Gasteiger partial charge in [0.25, 0.3) is 0 Å². The molecular formula is C10H14N2S. The first-order chi connectivity index (χ1) is 6.33. The molecule has 0 aromatic heterocycles. The summed E-state index contributed by atoms with van der Waals surface area (Å²) in [4.78, 5) is 4.25. The molecular weight excluding hydrogens is 180 g/mol. The Morgan fingerprint density at radius 2 is 2.08 bits per heavy atom. The summed E-state index contributed by atoms with van der Waals surface area (Å²) in [7, 11) is 0. The van der Waals surface area contributed by atoms with Crippen molar-refractivity contribution in [2.24, 2.45) is 10.7 Å². The second kappa shape index (κ2) is 5.65. The van der Waals surface area contributed by atoms with Crippen LogP contribution in [-0.2, 0) is 0 Å². The lowest BCUT2D eigenvalue weighted by Gasteiger charge is -1.98. The number of hydrogen-bond acceptors (Lipinski definition) is 2. The summed E-state index contributed by atoms with van der Waals surface area (Å²) < 4.78 is 0. The summed E-state index contributed by atoms with van der Waals surface area (Å²) in [5.41, 5.74) is 6.62. The maximum atomic E-state index is 5.70. The molecule has 0 saturated heterocycles. The molecule has 2 nitrogen and oxygen atoms in total. The monoisotopic (exact) mass is 194 g/mol. The lowest BCUT2D eigenvalue weighted by molar-refractivity contribution is 1.11. The van der Waals surface area contributed by atoms with Crippen LogP contribution in [0, 0.1) is 0 Å². The van der Waals surface area contributed by atoms with Crippen molar-refractivity contribution in [3.63, 3.8) is 0 Å². The minimum atomic E-state index is 0.646. The molecule has 0 unspecified atom stereocenters. The fourth-order valence-corrected chi connectivity index (χ4v) is 1.45. The molecule has 1 aromatic carbocycles. The summed E-state index contributed by atoms with van der Waals surface area (Å²) in [6.45, 7) is 2.13. The van der Waals surface area contributed by atoms with Crippen LogP contribution < -0.4 is 5.73 Å². The molecule has 0 fully saturated rings. The van der Waals surface area contributed by atoms with Gasteiger partial charge in [0.2, 0.25) is 0 Å².